The number of hydrogen-bond donors (Lipinski definition) is 1. The second kappa shape index (κ2) is 6.04. The van der Waals surface area contributed by atoms with Gasteiger partial charge in [0.1, 0.15) is 11.4 Å². The average Bonchev–Trinajstić information content (AvgIpc) is 2.80. The summed E-state index contributed by atoms with van der Waals surface area (Å²) < 4.78 is 0. The Labute approximate surface area is 126 Å². The zero-order chi connectivity index (χ0) is 14.8. The number of rotatable bonds is 3. The molecular formula is C17H24N2O2. The van der Waals surface area contributed by atoms with Crippen molar-refractivity contribution < 1.29 is 9.90 Å². The molecule has 1 unspecified atom stereocenters. The fraction of sp³-hybridized carbons (Fsp3) is 0.647. The van der Waals surface area contributed by atoms with Gasteiger partial charge in [-0.05, 0) is 56.1 Å². The van der Waals surface area contributed by atoms with Crippen LogP contribution in [0.25, 0.3) is 0 Å². The molecule has 21 heavy (non-hydrogen) atoms. The molecule has 1 fully saturated rings. The highest BCUT2D eigenvalue weighted by Gasteiger charge is 2.25. The minimum atomic E-state index is -0.844. The van der Waals surface area contributed by atoms with Crippen LogP contribution < -0.4 is 4.90 Å². The predicted octanol–water partition coefficient (Wildman–Crippen LogP) is 3.29. The Balaban J connectivity index is 1.91. The maximum atomic E-state index is 11.6. The number of carboxylic acids is 1. The SMILES string of the molecule is CCC1CCCN(c2nc3c(cc2C(=O)O)CCC3)CC1. The Kier molecular flexibility index (Phi) is 4.13. The summed E-state index contributed by atoms with van der Waals surface area (Å²) in [6.45, 7) is 4.11. The number of nitrogens with zero attached hydrogens (tertiary/aromatic N) is 2. The molecule has 1 atom stereocenters. The van der Waals surface area contributed by atoms with Gasteiger partial charge in [0.15, 0.2) is 0 Å². The third kappa shape index (κ3) is 2.89. The molecule has 0 radical (unpaired) electrons. The van der Waals surface area contributed by atoms with E-state index in [4.69, 9.17) is 4.98 Å². The van der Waals surface area contributed by atoms with E-state index in [1.807, 2.05) is 6.07 Å². The van der Waals surface area contributed by atoms with Crippen LogP contribution in [0.1, 0.15) is 60.6 Å². The maximum absolute atomic E-state index is 11.6. The van der Waals surface area contributed by atoms with Crippen LogP contribution >= 0.6 is 0 Å². The Morgan fingerprint density at radius 3 is 2.95 bits per heavy atom. The summed E-state index contributed by atoms with van der Waals surface area (Å²) in [6.07, 6.45) is 7.82. The van der Waals surface area contributed by atoms with E-state index in [1.165, 1.54) is 12.8 Å². The third-order valence-electron chi connectivity index (χ3n) is 4.99. The summed E-state index contributed by atoms with van der Waals surface area (Å²) in [5.41, 5.74) is 2.65. The molecular weight excluding hydrogens is 264 g/mol. The van der Waals surface area contributed by atoms with Crippen molar-refractivity contribution in [2.45, 2.75) is 51.9 Å². The number of aromatic nitrogens is 1. The molecule has 4 nitrogen and oxygen atoms in total. The molecule has 1 N–H and O–H groups in total. The van der Waals surface area contributed by atoms with E-state index < -0.39 is 5.97 Å². The summed E-state index contributed by atoms with van der Waals surface area (Å²) >= 11 is 0. The Morgan fingerprint density at radius 2 is 2.19 bits per heavy atom. The van der Waals surface area contributed by atoms with Crippen LogP contribution in [0.2, 0.25) is 0 Å². The zero-order valence-electron chi connectivity index (χ0n) is 12.8. The molecule has 0 bridgehead atoms. The van der Waals surface area contributed by atoms with Gasteiger partial charge in [-0.1, -0.05) is 13.3 Å². The molecule has 2 heterocycles. The molecule has 3 rings (SSSR count). The van der Waals surface area contributed by atoms with E-state index >= 15 is 0 Å². The lowest BCUT2D eigenvalue weighted by Crippen LogP contribution is -2.28. The van der Waals surface area contributed by atoms with Crippen LogP contribution in [0.3, 0.4) is 0 Å². The topological polar surface area (TPSA) is 53.4 Å². The normalized spacial score (nSPS) is 22.0. The minimum Gasteiger partial charge on any atom is -0.478 e. The summed E-state index contributed by atoms with van der Waals surface area (Å²) in [5, 5.41) is 9.53. The number of carboxylic acid groups (broad SMARTS) is 1. The number of anilines is 1. The van der Waals surface area contributed by atoms with Crippen molar-refractivity contribution in [3.63, 3.8) is 0 Å². The summed E-state index contributed by atoms with van der Waals surface area (Å²) in [7, 11) is 0. The third-order valence-corrected chi connectivity index (χ3v) is 4.99. The quantitative estimate of drug-likeness (QED) is 0.927. The van der Waals surface area contributed by atoms with E-state index in [-0.39, 0.29) is 0 Å². The molecule has 4 heteroatoms. The number of aromatic carboxylic acids is 1. The Bertz CT molecular complexity index is 542. The van der Waals surface area contributed by atoms with Crippen molar-refractivity contribution in [1.82, 2.24) is 4.98 Å². The van der Waals surface area contributed by atoms with E-state index in [2.05, 4.69) is 11.8 Å². The Hall–Kier alpha value is -1.58. The smallest absolute Gasteiger partial charge is 0.339 e. The number of hydrogen-bond acceptors (Lipinski definition) is 3. The van der Waals surface area contributed by atoms with Crippen LogP contribution in [0.15, 0.2) is 6.07 Å². The van der Waals surface area contributed by atoms with Crippen LogP contribution in [0.5, 0.6) is 0 Å². The van der Waals surface area contributed by atoms with Gasteiger partial charge < -0.3 is 10.0 Å². The Morgan fingerprint density at radius 1 is 1.33 bits per heavy atom. The monoisotopic (exact) mass is 288 g/mol. The molecule has 114 valence electrons. The molecule has 0 saturated carbocycles. The highest BCUT2D eigenvalue weighted by molar-refractivity contribution is 5.93. The fourth-order valence-corrected chi connectivity index (χ4v) is 3.65. The van der Waals surface area contributed by atoms with E-state index in [0.29, 0.717) is 11.4 Å². The molecule has 1 saturated heterocycles. The van der Waals surface area contributed by atoms with Crippen molar-refractivity contribution in [1.29, 1.82) is 0 Å². The summed E-state index contributed by atoms with van der Waals surface area (Å²) in [5.74, 6) is 0.640. The van der Waals surface area contributed by atoms with Gasteiger partial charge in [0, 0.05) is 18.8 Å². The molecule has 0 spiro atoms. The van der Waals surface area contributed by atoms with Crippen molar-refractivity contribution >= 4 is 11.8 Å². The van der Waals surface area contributed by atoms with Crippen molar-refractivity contribution in [3.8, 4) is 0 Å². The molecule has 1 aliphatic carbocycles. The van der Waals surface area contributed by atoms with Gasteiger partial charge in [0.2, 0.25) is 0 Å². The molecule has 2 aliphatic rings. The van der Waals surface area contributed by atoms with Gasteiger partial charge in [-0.2, -0.15) is 0 Å². The second-order valence-electron chi connectivity index (χ2n) is 6.32. The van der Waals surface area contributed by atoms with Gasteiger partial charge >= 0.3 is 5.97 Å². The number of pyridine rings is 1. The van der Waals surface area contributed by atoms with Crippen molar-refractivity contribution in [2.24, 2.45) is 5.92 Å². The maximum Gasteiger partial charge on any atom is 0.339 e. The molecule has 0 aromatic carbocycles. The van der Waals surface area contributed by atoms with E-state index in [9.17, 15) is 9.90 Å². The van der Waals surface area contributed by atoms with Gasteiger partial charge in [-0.25, -0.2) is 9.78 Å². The first-order valence-corrected chi connectivity index (χ1v) is 8.20. The number of fused-ring (bicyclic) bond motifs is 1. The first-order valence-electron chi connectivity index (χ1n) is 8.20. The lowest BCUT2D eigenvalue weighted by atomic mass is 9.98. The number of aryl methyl sites for hydroxylation is 2. The van der Waals surface area contributed by atoms with Gasteiger partial charge in [-0.3, -0.25) is 0 Å². The van der Waals surface area contributed by atoms with E-state index in [0.717, 1.165) is 62.4 Å². The second-order valence-corrected chi connectivity index (χ2v) is 6.32. The molecule has 0 amide bonds. The molecule has 1 aromatic heterocycles. The highest BCUT2D eigenvalue weighted by atomic mass is 16.4. The zero-order valence-corrected chi connectivity index (χ0v) is 12.8. The van der Waals surface area contributed by atoms with Crippen LogP contribution in [0, 0.1) is 5.92 Å². The fourth-order valence-electron chi connectivity index (χ4n) is 3.65. The largest absolute Gasteiger partial charge is 0.478 e. The predicted molar refractivity (Wildman–Crippen MR) is 83.1 cm³/mol. The lowest BCUT2D eigenvalue weighted by Gasteiger charge is -2.24. The van der Waals surface area contributed by atoms with Gasteiger partial charge in [0.05, 0.1) is 0 Å². The van der Waals surface area contributed by atoms with Crippen LogP contribution in [0.4, 0.5) is 5.82 Å². The molecule has 1 aromatic rings. The van der Waals surface area contributed by atoms with E-state index in [1.54, 1.807) is 0 Å². The lowest BCUT2D eigenvalue weighted by molar-refractivity contribution is 0.0697. The molecule has 1 aliphatic heterocycles. The van der Waals surface area contributed by atoms with Gasteiger partial charge in [-0.15, -0.1) is 0 Å². The standard InChI is InChI=1S/C17H24N2O2/c1-2-12-5-4-9-19(10-8-12)16-14(17(20)21)11-13-6-3-7-15(13)18-16/h11-12H,2-10H2,1H3,(H,20,21). The average molecular weight is 288 g/mol. The van der Waals surface area contributed by atoms with Crippen molar-refractivity contribution in [2.75, 3.05) is 18.0 Å². The minimum absolute atomic E-state index is 0.394. The van der Waals surface area contributed by atoms with Crippen LogP contribution in [-0.4, -0.2) is 29.1 Å². The summed E-state index contributed by atoms with van der Waals surface area (Å²) in [4.78, 5) is 18.5. The first kappa shape index (κ1) is 14.4. The number of carbonyl (C=O) groups is 1. The van der Waals surface area contributed by atoms with Crippen LogP contribution in [-0.2, 0) is 12.8 Å². The highest BCUT2D eigenvalue weighted by Crippen LogP contribution is 2.30. The summed E-state index contributed by atoms with van der Waals surface area (Å²) in [6, 6.07) is 1.87. The van der Waals surface area contributed by atoms with Gasteiger partial charge in [0.25, 0.3) is 0 Å². The first-order chi connectivity index (χ1) is 10.2. The van der Waals surface area contributed by atoms with Crippen molar-refractivity contribution in [3.05, 3.63) is 22.9 Å².